The first-order valence-corrected chi connectivity index (χ1v) is 27.3. The minimum Gasteiger partial charge on any atom is -0.462 e. The summed E-state index contributed by atoms with van der Waals surface area (Å²) >= 11 is 0. The summed E-state index contributed by atoms with van der Waals surface area (Å²) in [7, 11) is 0. The van der Waals surface area contributed by atoms with Crippen molar-refractivity contribution in [3.05, 3.63) is 24.3 Å². The Morgan fingerprint density at radius 1 is 0.323 bits per heavy atom. The molecular formula is C56H104O6. The monoisotopic (exact) mass is 873 g/mol. The summed E-state index contributed by atoms with van der Waals surface area (Å²) in [6.45, 7) is 6.64. The first-order valence-electron chi connectivity index (χ1n) is 27.3. The van der Waals surface area contributed by atoms with E-state index in [1.165, 1.54) is 186 Å². The Morgan fingerprint density at radius 3 is 0.919 bits per heavy atom. The van der Waals surface area contributed by atoms with Gasteiger partial charge in [-0.15, -0.1) is 0 Å². The van der Waals surface area contributed by atoms with Gasteiger partial charge in [0.15, 0.2) is 6.10 Å². The maximum absolute atomic E-state index is 12.8. The standard InChI is InChI=1S/C56H104O6/c1-4-7-10-13-16-19-22-24-26-28-30-31-34-37-40-43-46-49-55(58)61-52-53(51-60-54(57)48-45-42-39-36-33-21-18-15-12-9-6-3)62-56(59)50-47-44-41-38-35-32-29-27-25-23-20-17-14-11-8-5-2/h16,19,24,26,53H,4-15,17-18,20-23,25,27-52H2,1-3H3/b19-16-,26-24-. The lowest BCUT2D eigenvalue weighted by Crippen LogP contribution is -2.30. The van der Waals surface area contributed by atoms with Gasteiger partial charge >= 0.3 is 17.9 Å². The number of allylic oxidation sites excluding steroid dienone is 4. The molecule has 6 heteroatoms. The molecule has 0 aliphatic heterocycles. The van der Waals surface area contributed by atoms with Crippen molar-refractivity contribution in [1.82, 2.24) is 0 Å². The minimum absolute atomic E-state index is 0.0686. The molecular weight excluding hydrogens is 769 g/mol. The van der Waals surface area contributed by atoms with E-state index in [9.17, 15) is 14.4 Å². The first kappa shape index (κ1) is 59.9. The maximum atomic E-state index is 12.8. The average molecular weight is 873 g/mol. The van der Waals surface area contributed by atoms with Gasteiger partial charge in [0.1, 0.15) is 13.2 Å². The highest BCUT2D eigenvalue weighted by Crippen LogP contribution is 2.16. The summed E-state index contributed by atoms with van der Waals surface area (Å²) in [6.07, 6.45) is 58.7. The van der Waals surface area contributed by atoms with Crippen LogP contribution in [0.25, 0.3) is 0 Å². The van der Waals surface area contributed by atoms with Gasteiger partial charge in [-0.3, -0.25) is 14.4 Å². The molecule has 0 radical (unpaired) electrons. The highest BCUT2D eigenvalue weighted by molar-refractivity contribution is 5.71. The number of rotatable bonds is 50. The quantitative estimate of drug-likeness (QED) is 0.0262. The van der Waals surface area contributed by atoms with Gasteiger partial charge in [0.05, 0.1) is 0 Å². The Hall–Kier alpha value is -2.11. The van der Waals surface area contributed by atoms with Gasteiger partial charge in [0.25, 0.3) is 0 Å². The number of carbonyl (C=O) groups excluding carboxylic acids is 3. The van der Waals surface area contributed by atoms with Crippen molar-refractivity contribution in [2.45, 2.75) is 303 Å². The fraction of sp³-hybridized carbons (Fsp3) is 0.875. The molecule has 1 unspecified atom stereocenters. The average Bonchev–Trinajstić information content (AvgIpc) is 3.27. The third kappa shape index (κ3) is 48.9. The number of esters is 3. The second-order valence-electron chi connectivity index (χ2n) is 18.5. The molecule has 0 heterocycles. The molecule has 0 aliphatic carbocycles. The fourth-order valence-corrected chi connectivity index (χ4v) is 8.06. The van der Waals surface area contributed by atoms with Crippen molar-refractivity contribution >= 4 is 17.9 Å². The summed E-state index contributed by atoms with van der Waals surface area (Å²) in [5.74, 6) is -0.860. The Morgan fingerprint density at radius 2 is 0.581 bits per heavy atom. The third-order valence-electron chi connectivity index (χ3n) is 12.2. The molecule has 0 rings (SSSR count). The Balaban J connectivity index is 4.32. The van der Waals surface area contributed by atoms with E-state index in [1.54, 1.807) is 0 Å². The van der Waals surface area contributed by atoms with Crippen LogP contribution in [0.15, 0.2) is 24.3 Å². The van der Waals surface area contributed by atoms with Gasteiger partial charge < -0.3 is 14.2 Å². The molecule has 364 valence electrons. The molecule has 0 aromatic heterocycles. The van der Waals surface area contributed by atoms with Crippen molar-refractivity contribution in [3.63, 3.8) is 0 Å². The van der Waals surface area contributed by atoms with Gasteiger partial charge in [0, 0.05) is 19.3 Å². The van der Waals surface area contributed by atoms with Gasteiger partial charge in [-0.2, -0.15) is 0 Å². The summed E-state index contributed by atoms with van der Waals surface area (Å²) in [4.78, 5) is 38.0. The molecule has 0 aromatic carbocycles. The molecule has 0 bridgehead atoms. The van der Waals surface area contributed by atoms with Crippen molar-refractivity contribution in [1.29, 1.82) is 0 Å². The van der Waals surface area contributed by atoms with E-state index < -0.39 is 6.10 Å². The molecule has 6 nitrogen and oxygen atoms in total. The van der Waals surface area contributed by atoms with Gasteiger partial charge in [-0.25, -0.2) is 0 Å². The molecule has 0 fully saturated rings. The number of carbonyl (C=O) groups is 3. The van der Waals surface area contributed by atoms with Crippen LogP contribution in [0.3, 0.4) is 0 Å². The number of hydrogen-bond donors (Lipinski definition) is 0. The zero-order valence-electron chi connectivity index (χ0n) is 41.7. The Labute approximate surface area is 385 Å². The van der Waals surface area contributed by atoms with Crippen molar-refractivity contribution in [2.75, 3.05) is 13.2 Å². The highest BCUT2D eigenvalue weighted by atomic mass is 16.6. The molecule has 0 amide bonds. The van der Waals surface area contributed by atoms with Crippen LogP contribution >= 0.6 is 0 Å². The van der Waals surface area contributed by atoms with E-state index in [-0.39, 0.29) is 31.1 Å². The van der Waals surface area contributed by atoms with Crippen LogP contribution in [0.4, 0.5) is 0 Å². The van der Waals surface area contributed by atoms with Gasteiger partial charge in [-0.05, 0) is 51.4 Å². The second-order valence-corrected chi connectivity index (χ2v) is 18.5. The minimum atomic E-state index is -0.768. The second kappa shape index (κ2) is 51.5. The van der Waals surface area contributed by atoms with Crippen molar-refractivity contribution in [3.8, 4) is 0 Å². The van der Waals surface area contributed by atoms with E-state index in [2.05, 4.69) is 45.1 Å². The molecule has 62 heavy (non-hydrogen) atoms. The topological polar surface area (TPSA) is 78.9 Å². The molecule has 0 N–H and O–H groups in total. The third-order valence-corrected chi connectivity index (χ3v) is 12.2. The molecule has 0 aliphatic rings. The number of hydrogen-bond acceptors (Lipinski definition) is 6. The van der Waals surface area contributed by atoms with E-state index in [1.807, 2.05) is 0 Å². The summed E-state index contributed by atoms with van der Waals surface area (Å²) in [5.41, 5.74) is 0. The van der Waals surface area contributed by atoms with E-state index in [4.69, 9.17) is 14.2 Å². The number of ether oxygens (including phenoxy) is 3. The largest absolute Gasteiger partial charge is 0.462 e. The summed E-state index contributed by atoms with van der Waals surface area (Å²) < 4.78 is 16.8. The smallest absolute Gasteiger partial charge is 0.306 e. The predicted molar refractivity (Wildman–Crippen MR) is 266 cm³/mol. The molecule has 0 spiro atoms. The van der Waals surface area contributed by atoms with Gasteiger partial charge in [-0.1, -0.05) is 251 Å². The SMILES string of the molecule is CCCCC/C=C\C/C=C\CCCCCCCCCC(=O)OCC(COC(=O)CCCCCCCCCCCCC)OC(=O)CCCCCCCCCCCCCCCCCC. The Kier molecular flexibility index (Phi) is 49.8. The summed E-state index contributed by atoms with van der Waals surface area (Å²) in [5, 5.41) is 0. The molecule has 1 atom stereocenters. The molecule has 0 saturated heterocycles. The molecule has 0 saturated carbocycles. The van der Waals surface area contributed by atoms with Crippen LogP contribution in [0, 0.1) is 0 Å². The molecule has 0 aromatic rings. The number of unbranched alkanes of at least 4 members (excludes halogenated alkanes) is 35. The Bertz CT molecular complexity index is 1000. The lowest BCUT2D eigenvalue weighted by molar-refractivity contribution is -0.167. The zero-order chi connectivity index (χ0) is 45.1. The lowest BCUT2D eigenvalue weighted by Gasteiger charge is -2.18. The van der Waals surface area contributed by atoms with E-state index in [0.29, 0.717) is 19.3 Å². The lowest BCUT2D eigenvalue weighted by atomic mass is 10.0. The van der Waals surface area contributed by atoms with Crippen molar-refractivity contribution < 1.29 is 28.6 Å². The maximum Gasteiger partial charge on any atom is 0.306 e. The van der Waals surface area contributed by atoms with Crippen LogP contribution in [0.5, 0.6) is 0 Å². The van der Waals surface area contributed by atoms with Crippen LogP contribution < -0.4 is 0 Å². The first-order chi connectivity index (χ1) is 30.5. The van der Waals surface area contributed by atoms with Crippen LogP contribution in [0.1, 0.15) is 297 Å². The normalized spacial score (nSPS) is 12.1. The predicted octanol–water partition coefficient (Wildman–Crippen LogP) is 17.9. The van der Waals surface area contributed by atoms with Gasteiger partial charge in [0.2, 0.25) is 0 Å². The summed E-state index contributed by atoms with van der Waals surface area (Å²) in [6, 6.07) is 0. The van der Waals surface area contributed by atoms with Crippen LogP contribution in [0.2, 0.25) is 0 Å². The van der Waals surface area contributed by atoms with E-state index in [0.717, 1.165) is 70.6 Å². The van der Waals surface area contributed by atoms with Crippen LogP contribution in [-0.2, 0) is 28.6 Å². The zero-order valence-corrected chi connectivity index (χ0v) is 41.7. The van der Waals surface area contributed by atoms with Crippen LogP contribution in [-0.4, -0.2) is 37.2 Å². The van der Waals surface area contributed by atoms with Crippen molar-refractivity contribution in [2.24, 2.45) is 0 Å². The highest BCUT2D eigenvalue weighted by Gasteiger charge is 2.19. The fourth-order valence-electron chi connectivity index (χ4n) is 8.06. The van der Waals surface area contributed by atoms with E-state index >= 15 is 0 Å².